The summed E-state index contributed by atoms with van der Waals surface area (Å²) in [5.41, 5.74) is 0.561. The van der Waals surface area contributed by atoms with E-state index in [0.29, 0.717) is 5.41 Å². The van der Waals surface area contributed by atoms with Crippen LogP contribution in [-0.2, 0) is 20.8 Å². The normalized spacial score (nSPS) is 29.5. The summed E-state index contributed by atoms with van der Waals surface area (Å²) in [5, 5.41) is 0. The van der Waals surface area contributed by atoms with Crippen LogP contribution in [0, 0.1) is 43.9 Å². The fourth-order valence-electron chi connectivity index (χ4n) is 4.80. The topological polar surface area (TPSA) is 0 Å². The summed E-state index contributed by atoms with van der Waals surface area (Å²) in [5.74, 6) is 3.61. The van der Waals surface area contributed by atoms with E-state index in [0.717, 1.165) is 23.7 Å². The molecular weight excluding hydrogens is 390 g/mol. The van der Waals surface area contributed by atoms with Gasteiger partial charge >= 0.3 is 37.9 Å². The molecule has 0 aromatic rings. The van der Waals surface area contributed by atoms with Gasteiger partial charge in [0.25, 0.3) is 0 Å². The Balaban J connectivity index is 0.000000820. The summed E-state index contributed by atoms with van der Waals surface area (Å²) in [6.07, 6.45) is 18.3. The quantitative estimate of drug-likeness (QED) is 0.411. The van der Waals surface area contributed by atoms with Gasteiger partial charge in [-0.25, -0.2) is 0 Å². The number of hydrogen-bond acceptors (Lipinski definition) is 0. The molecule has 3 aliphatic rings. The maximum absolute atomic E-state index is 4.93. The van der Waals surface area contributed by atoms with Gasteiger partial charge in [-0.15, -0.1) is 0 Å². The number of rotatable bonds is 2. The van der Waals surface area contributed by atoms with E-state index in [9.17, 15) is 0 Å². The Bertz CT molecular complexity index is 356. The molecule has 3 rings (SSSR count). The van der Waals surface area contributed by atoms with E-state index in [1.807, 2.05) is 0 Å². The van der Waals surface area contributed by atoms with Crippen molar-refractivity contribution in [3.63, 3.8) is 0 Å². The van der Waals surface area contributed by atoms with Crippen molar-refractivity contribution < 1.29 is 20.8 Å². The Labute approximate surface area is 157 Å². The molecule has 22 heavy (non-hydrogen) atoms. The average Bonchev–Trinajstić information content (AvgIpc) is 3.10. The van der Waals surface area contributed by atoms with Crippen molar-refractivity contribution in [2.45, 2.75) is 52.4 Å². The first-order valence-corrected chi connectivity index (χ1v) is 14.3. The number of allylic oxidation sites excluding steroid dienone is 4. The Morgan fingerprint density at radius 2 is 1.45 bits per heavy atom. The minimum atomic E-state index is -0.826. The van der Waals surface area contributed by atoms with E-state index in [4.69, 9.17) is 17.0 Å². The molecule has 0 spiro atoms. The molecule has 3 heteroatoms. The Morgan fingerprint density at radius 1 is 0.909 bits per heavy atom. The summed E-state index contributed by atoms with van der Waals surface area (Å²) < 4.78 is 0. The summed E-state index contributed by atoms with van der Waals surface area (Å²) >= 11 is -0.826. The molecule has 0 aromatic carbocycles. The van der Waals surface area contributed by atoms with Crippen LogP contribution in [0.1, 0.15) is 52.4 Å². The fourth-order valence-corrected chi connectivity index (χ4v) is 4.80. The molecule has 0 heterocycles. The third-order valence-corrected chi connectivity index (χ3v) is 5.94. The van der Waals surface area contributed by atoms with Crippen LogP contribution in [0.25, 0.3) is 0 Å². The molecule has 0 aliphatic heterocycles. The van der Waals surface area contributed by atoms with Gasteiger partial charge in [-0.1, -0.05) is 51.0 Å². The number of fused-ring (bicyclic) bond motifs is 1. The van der Waals surface area contributed by atoms with E-state index in [2.05, 4.69) is 38.2 Å². The van der Waals surface area contributed by atoms with E-state index in [1.54, 1.807) is 0 Å². The van der Waals surface area contributed by atoms with Gasteiger partial charge in [0, 0.05) is 0 Å². The molecule has 0 nitrogen and oxygen atoms in total. The molecular formula is C19H32Cl2Zr. The third-order valence-electron chi connectivity index (χ3n) is 5.94. The molecule has 0 N–H and O–H groups in total. The van der Waals surface area contributed by atoms with Gasteiger partial charge in [-0.2, -0.15) is 0 Å². The second-order valence-corrected chi connectivity index (χ2v) is 10.8. The summed E-state index contributed by atoms with van der Waals surface area (Å²) in [4.78, 5) is 0. The van der Waals surface area contributed by atoms with Crippen LogP contribution < -0.4 is 0 Å². The van der Waals surface area contributed by atoms with Crippen molar-refractivity contribution in [2.75, 3.05) is 0 Å². The summed E-state index contributed by atoms with van der Waals surface area (Å²) in [6.45, 7) is 5.12. The van der Waals surface area contributed by atoms with Crippen LogP contribution >= 0.6 is 17.0 Å². The molecule has 0 saturated heterocycles. The summed E-state index contributed by atoms with van der Waals surface area (Å²) in [7, 11) is 9.87. The molecule has 126 valence electrons. The standard InChI is InChI=1S/C17H26.2CH3.2ClH.Zr/c1-17(2,14-8-4-5-9-14)16-12-11-13-7-3-6-10-15(13)16;;;;;/h3,6-7,10,13-16H,4-5,8-9,11-12H2,1-2H3;2*1H3;2*1H;/q;2*-1;;;+4/p-2. The molecule has 3 aliphatic carbocycles. The van der Waals surface area contributed by atoms with Crippen molar-refractivity contribution in [1.29, 1.82) is 0 Å². The van der Waals surface area contributed by atoms with E-state index in [-0.39, 0.29) is 14.9 Å². The molecule has 0 radical (unpaired) electrons. The predicted octanol–water partition coefficient (Wildman–Crippen LogP) is 7.25. The Kier molecular flexibility index (Phi) is 11.2. The monoisotopic (exact) mass is 420 g/mol. The first kappa shape index (κ1) is 22.9. The zero-order valence-corrected chi connectivity index (χ0v) is 18.6. The molecule has 2 saturated carbocycles. The van der Waals surface area contributed by atoms with Gasteiger partial charge < -0.3 is 14.9 Å². The Morgan fingerprint density at radius 3 is 2.05 bits per heavy atom. The second-order valence-electron chi connectivity index (χ2n) is 7.07. The average molecular weight is 423 g/mol. The van der Waals surface area contributed by atoms with Gasteiger partial charge in [0.15, 0.2) is 0 Å². The second kappa shape index (κ2) is 10.7. The number of hydrogen-bond donors (Lipinski definition) is 0. The zero-order chi connectivity index (χ0) is 14.6. The van der Waals surface area contributed by atoms with Crippen molar-refractivity contribution >= 4 is 17.0 Å². The molecule has 3 unspecified atom stereocenters. The molecule has 0 bridgehead atoms. The van der Waals surface area contributed by atoms with Crippen molar-refractivity contribution in [3.8, 4) is 0 Å². The van der Waals surface area contributed by atoms with Gasteiger partial charge in [-0.05, 0) is 54.8 Å². The van der Waals surface area contributed by atoms with Gasteiger partial charge in [0.1, 0.15) is 0 Å². The first-order chi connectivity index (χ1) is 9.61. The summed E-state index contributed by atoms with van der Waals surface area (Å²) in [6, 6.07) is 0. The van der Waals surface area contributed by atoms with Crippen molar-refractivity contribution in [3.05, 3.63) is 39.2 Å². The predicted molar refractivity (Wildman–Crippen MR) is 98.3 cm³/mol. The van der Waals surface area contributed by atoms with E-state index in [1.165, 1.54) is 38.5 Å². The van der Waals surface area contributed by atoms with Gasteiger partial charge in [0.05, 0.1) is 0 Å². The SMILES string of the molecule is CC(C)(C1CCCC1)C1CCC2C=CC=CC21.[CH3-].[CH3-].[Cl][Zr+2][Cl]. The van der Waals surface area contributed by atoms with Crippen LogP contribution in [0.15, 0.2) is 24.3 Å². The van der Waals surface area contributed by atoms with Crippen LogP contribution in [0.4, 0.5) is 0 Å². The van der Waals surface area contributed by atoms with Crippen LogP contribution in [0.3, 0.4) is 0 Å². The maximum atomic E-state index is 4.93. The van der Waals surface area contributed by atoms with Gasteiger partial charge in [0.2, 0.25) is 0 Å². The van der Waals surface area contributed by atoms with Crippen molar-refractivity contribution in [1.82, 2.24) is 0 Å². The third kappa shape index (κ3) is 5.22. The van der Waals surface area contributed by atoms with Gasteiger partial charge in [-0.3, -0.25) is 0 Å². The molecule has 0 aromatic heterocycles. The molecule has 3 atom stereocenters. The minimum absolute atomic E-state index is 0. The number of halogens is 2. The first-order valence-electron chi connectivity index (χ1n) is 7.92. The van der Waals surface area contributed by atoms with E-state index >= 15 is 0 Å². The van der Waals surface area contributed by atoms with E-state index < -0.39 is 20.8 Å². The zero-order valence-electron chi connectivity index (χ0n) is 14.6. The molecule has 0 amide bonds. The Hall–Kier alpha value is 0.943. The van der Waals surface area contributed by atoms with Crippen LogP contribution in [0.2, 0.25) is 0 Å². The fraction of sp³-hybridized carbons (Fsp3) is 0.684. The molecule has 2 fully saturated rings. The van der Waals surface area contributed by atoms with Crippen LogP contribution in [-0.4, -0.2) is 0 Å². The van der Waals surface area contributed by atoms with Crippen molar-refractivity contribution in [2.24, 2.45) is 29.1 Å². The van der Waals surface area contributed by atoms with Crippen LogP contribution in [0.5, 0.6) is 0 Å².